The summed E-state index contributed by atoms with van der Waals surface area (Å²) in [7, 11) is 0. The van der Waals surface area contributed by atoms with Crippen LogP contribution in [0.15, 0.2) is 24.3 Å². The highest BCUT2D eigenvalue weighted by Gasteiger charge is 2.24. The monoisotopic (exact) mass is 465 g/mol. The van der Waals surface area contributed by atoms with E-state index in [9.17, 15) is 19.5 Å². The lowest BCUT2D eigenvalue weighted by Gasteiger charge is -2.23. The molecule has 0 saturated heterocycles. The summed E-state index contributed by atoms with van der Waals surface area (Å²) in [6.45, 7) is 11.4. The first-order valence-corrected chi connectivity index (χ1v) is 11.3. The Bertz CT molecular complexity index is 766. The largest absolute Gasteiger partial charge is 0.508 e. The minimum atomic E-state index is -0.763. The first-order valence-electron chi connectivity index (χ1n) is 11.3. The van der Waals surface area contributed by atoms with Gasteiger partial charge >= 0.3 is 12.2 Å². The average Bonchev–Trinajstić information content (AvgIpc) is 2.65. The molecule has 0 saturated carbocycles. The number of aromatic hydroxyl groups is 1. The molecule has 0 heterocycles. The van der Waals surface area contributed by atoms with Crippen LogP contribution in [0.3, 0.4) is 0 Å². The molecule has 0 radical (unpaired) electrons. The number of hydrogen-bond donors (Lipinski definition) is 4. The Kier molecular flexibility index (Phi) is 11.0. The molecule has 33 heavy (non-hydrogen) atoms. The number of alkyl carbamates (subject to hydrolysis) is 2. The number of nitrogens with one attached hydrogen (secondary N) is 3. The van der Waals surface area contributed by atoms with Crippen molar-refractivity contribution in [3.63, 3.8) is 0 Å². The molecule has 0 aliphatic carbocycles. The zero-order valence-corrected chi connectivity index (χ0v) is 20.6. The second-order valence-corrected chi connectivity index (χ2v) is 9.83. The third-order valence-electron chi connectivity index (χ3n) is 4.24. The number of rotatable bonds is 10. The van der Waals surface area contributed by atoms with E-state index in [4.69, 9.17) is 9.47 Å². The van der Waals surface area contributed by atoms with Crippen LogP contribution in [0.25, 0.3) is 0 Å². The quantitative estimate of drug-likeness (QED) is 0.391. The predicted molar refractivity (Wildman–Crippen MR) is 126 cm³/mol. The number of amides is 3. The van der Waals surface area contributed by atoms with E-state index in [2.05, 4.69) is 16.0 Å². The van der Waals surface area contributed by atoms with Crippen LogP contribution in [0, 0.1) is 0 Å². The van der Waals surface area contributed by atoms with Crippen LogP contribution in [-0.2, 0) is 20.7 Å². The van der Waals surface area contributed by atoms with Crippen LogP contribution in [0.4, 0.5) is 9.59 Å². The van der Waals surface area contributed by atoms with Crippen LogP contribution in [0.1, 0.15) is 66.4 Å². The van der Waals surface area contributed by atoms with Gasteiger partial charge in [0.1, 0.15) is 23.0 Å². The molecule has 4 N–H and O–H groups in total. The Balaban J connectivity index is 2.53. The fraction of sp³-hybridized carbons (Fsp3) is 0.625. The minimum absolute atomic E-state index is 0.186. The number of phenolic OH excluding ortho intramolecular Hbond substituents is 1. The smallest absolute Gasteiger partial charge is 0.408 e. The fourth-order valence-electron chi connectivity index (χ4n) is 2.81. The van der Waals surface area contributed by atoms with Crippen molar-refractivity contribution in [3.05, 3.63) is 29.8 Å². The van der Waals surface area contributed by atoms with Crippen molar-refractivity contribution in [3.8, 4) is 5.75 Å². The van der Waals surface area contributed by atoms with Gasteiger partial charge in [0.05, 0.1) is 0 Å². The molecule has 0 aromatic heterocycles. The highest BCUT2D eigenvalue weighted by Crippen LogP contribution is 2.11. The Morgan fingerprint density at radius 2 is 1.42 bits per heavy atom. The van der Waals surface area contributed by atoms with Crippen molar-refractivity contribution in [2.45, 2.75) is 84.5 Å². The molecule has 0 bridgehead atoms. The third kappa shape index (κ3) is 13.9. The normalized spacial score (nSPS) is 12.4. The van der Waals surface area contributed by atoms with E-state index in [1.54, 1.807) is 65.8 Å². The summed E-state index contributed by atoms with van der Waals surface area (Å²) in [6, 6.07) is 6.00. The average molecular weight is 466 g/mol. The second-order valence-electron chi connectivity index (χ2n) is 9.83. The van der Waals surface area contributed by atoms with Gasteiger partial charge in [-0.3, -0.25) is 4.79 Å². The highest BCUT2D eigenvalue weighted by molar-refractivity contribution is 5.85. The standard InChI is InChI=1S/C24H39N3O6/c1-23(2,3)32-21(30)26-15-8-7-9-19(27-22(31)33-24(4,5)6)20(29)25-16-14-17-10-12-18(28)13-11-17/h10-13,19,28H,7-9,14-16H2,1-6H3,(H,25,29)(H,26,30)(H,27,31)/t19-/m0/s1. The van der Waals surface area contributed by atoms with Gasteiger partial charge in [0.25, 0.3) is 0 Å². The summed E-state index contributed by atoms with van der Waals surface area (Å²) >= 11 is 0. The molecule has 9 nitrogen and oxygen atoms in total. The van der Waals surface area contributed by atoms with Gasteiger partial charge in [-0.2, -0.15) is 0 Å². The number of benzene rings is 1. The first kappa shape index (κ1) is 28.1. The minimum Gasteiger partial charge on any atom is -0.508 e. The van der Waals surface area contributed by atoms with Gasteiger partial charge in [0.15, 0.2) is 0 Å². The van der Waals surface area contributed by atoms with E-state index in [1.807, 2.05) is 0 Å². The second kappa shape index (κ2) is 12.9. The van der Waals surface area contributed by atoms with Crippen molar-refractivity contribution in [2.24, 2.45) is 0 Å². The van der Waals surface area contributed by atoms with Gasteiger partial charge in [-0.05, 0) is 84.9 Å². The molecule has 3 amide bonds. The lowest BCUT2D eigenvalue weighted by molar-refractivity contribution is -0.123. The van der Waals surface area contributed by atoms with Crippen LogP contribution in [-0.4, -0.2) is 53.5 Å². The zero-order valence-electron chi connectivity index (χ0n) is 20.6. The summed E-state index contributed by atoms with van der Waals surface area (Å²) in [6.07, 6.45) is 1.05. The molecule has 1 atom stereocenters. The van der Waals surface area contributed by atoms with Crippen molar-refractivity contribution in [1.29, 1.82) is 0 Å². The summed E-state index contributed by atoms with van der Waals surface area (Å²) in [5.41, 5.74) is -0.274. The van der Waals surface area contributed by atoms with Gasteiger partial charge < -0.3 is 30.5 Å². The molecule has 0 fully saturated rings. The molecule has 0 unspecified atom stereocenters. The number of ether oxygens (including phenoxy) is 2. The van der Waals surface area contributed by atoms with Gasteiger partial charge in [-0.25, -0.2) is 9.59 Å². The molecular formula is C24H39N3O6. The highest BCUT2D eigenvalue weighted by atomic mass is 16.6. The number of carbonyl (C=O) groups is 3. The summed E-state index contributed by atoms with van der Waals surface area (Å²) < 4.78 is 10.5. The maximum atomic E-state index is 12.7. The van der Waals surface area contributed by atoms with Crippen molar-refractivity contribution >= 4 is 18.1 Å². The van der Waals surface area contributed by atoms with Crippen LogP contribution < -0.4 is 16.0 Å². The Hall–Kier alpha value is -2.97. The Morgan fingerprint density at radius 3 is 2.00 bits per heavy atom. The molecular weight excluding hydrogens is 426 g/mol. The Morgan fingerprint density at radius 1 is 0.848 bits per heavy atom. The summed E-state index contributed by atoms with van der Waals surface area (Å²) in [5.74, 6) is -0.120. The van der Waals surface area contributed by atoms with Crippen molar-refractivity contribution in [2.75, 3.05) is 13.1 Å². The van der Waals surface area contributed by atoms with Gasteiger partial charge in [0, 0.05) is 13.1 Å². The number of unbranched alkanes of at least 4 members (excludes halogenated alkanes) is 1. The fourth-order valence-corrected chi connectivity index (χ4v) is 2.81. The van der Waals surface area contributed by atoms with E-state index in [1.165, 1.54) is 0 Å². The van der Waals surface area contributed by atoms with Gasteiger partial charge in [-0.15, -0.1) is 0 Å². The number of phenols is 1. The van der Waals surface area contributed by atoms with Crippen LogP contribution in [0.2, 0.25) is 0 Å². The van der Waals surface area contributed by atoms with Crippen molar-refractivity contribution in [1.82, 2.24) is 16.0 Å². The SMILES string of the molecule is CC(C)(C)OC(=O)NCCCC[C@H](NC(=O)OC(C)(C)C)C(=O)NCCc1ccc(O)cc1. The van der Waals surface area contributed by atoms with Crippen LogP contribution in [0.5, 0.6) is 5.75 Å². The summed E-state index contributed by atoms with van der Waals surface area (Å²) in [5, 5.41) is 17.5. The molecule has 9 heteroatoms. The van der Waals surface area contributed by atoms with Gasteiger partial charge in [-0.1, -0.05) is 12.1 Å². The third-order valence-corrected chi connectivity index (χ3v) is 4.24. The molecule has 0 spiro atoms. The topological polar surface area (TPSA) is 126 Å². The van der Waals surface area contributed by atoms with Crippen molar-refractivity contribution < 1.29 is 29.0 Å². The van der Waals surface area contributed by atoms with Gasteiger partial charge in [0.2, 0.25) is 5.91 Å². The molecule has 1 rings (SSSR count). The van der Waals surface area contributed by atoms with E-state index in [0.29, 0.717) is 38.8 Å². The van der Waals surface area contributed by atoms with Crippen LogP contribution >= 0.6 is 0 Å². The molecule has 0 aliphatic rings. The molecule has 0 aliphatic heterocycles. The molecule has 1 aromatic rings. The van der Waals surface area contributed by atoms with E-state index >= 15 is 0 Å². The first-order chi connectivity index (χ1) is 15.2. The molecule has 1 aromatic carbocycles. The zero-order chi connectivity index (χ0) is 25.1. The molecule has 186 valence electrons. The number of hydrogen-bond acceptors (Lipinski definition) is 6. The van der Waals surface area contributed by atoms with E-state index in [-0.39, 0.29) is 11.7 Å². The predicted octanol–water partition coefficient (Wildman–Crippen LogP) is 3.64. The Labute approximate surface area is 196 Å². The maximum Gasteiger partial charge on any atom is 0.408 e. The van der Waals surface area contributed by atoms with E-state index in [0.717, 1.165) is 5.56 Å². The summed E-state index contributed by atoms with van der Waals surface area (Å²) in [4.78, 5) is 36.6. The lowest BCUT2D eigenvalue weighted by atomic mass is 10.1. The maximum absolute atomic E-state index is 12.7. The lowest BCUT2D eigenvalue weighted by Crippen LogP contribution is -2.48. The number of carbonyl (C=O) groups excluding carboxylic acids is 3. The van der Waals surface area contributed by atoms with E-state index < -0.39 is 29.4 Å².